The van der Waals surface area contributed by atoms with Gasteiger partial charge in [0.15, 0.2) is 11.6 Å². The van der Waals surface area contributed by atoms with Crippen LogP contribution in [0.15, 0.2) is 97.1 Å². The number of fused-ring (bicyclic) bond motifs is 5. The minimum absolute atomic E-state index is 0.0785. The quantitative estimate of drug-likeness (QED) is 0.135. The van der Waals surface area contributed by atoms with E-state index in [0.717, 1.165) is 10.8 Å². The molecule has 3 amide bonds. The van der Waals surface area contributed by atoms with Gasteiger partial charge in [0.05, 0.1) is 51.2 Å². The molecule has 11 heteroatoms. The Bertz CT molecular complexity index is 2510. The van der Waals surface area contributed by atoms with Crippen LogP contribution < -0.4 is 4.90 Å². The average molecular weight is 713 g/mol. The van der Waals surface area contributed by atoms with E-state index in [1.807, 2.05) is 24.3 Å². The fourth-order valence-electron chi connectivity index (χ4n) is 7.23. The van der Waals surface area contributed by atoms with Gasteiger partial charge in [-0.1, -0.05) is 71.7 Å². The number of carbonyl (C=O) groups excluding carboxylic acids is 5. The van der Waals surface area contributed by atoms with E-state index in [0.29, 0.717) is 50.0 Å². The first kappa shape index (κ1) is 31.3. The van der Waals surface area contributed by atoms with Crippen molar-refractivity contribution in [3.8, 4) is 0 Å². The number of hydrogen-bond donors (Lipinski definition) is 0. The summed E-state index contributed by atoms with van der Waals surface area (Å²) in [6.07, 6.45) is 0. The number of ketones is 2. The number of pyridine rings is 1. The second-order valence-electron chi connectivity index (χ2n) is 12.7. The van der Waals surface area contributed by atoms with E-state index in [4.69, 9.17) is 32.9 Å². The number of halogens is 2. The molecule has 6 aromatic rings. The summed E-state index contributed by atoms with van der Waals surface area (Å²) in [6.45, 7) is -0.133. The predicted molar refractivity (Wildman–Crippen MR) is 191 cm³/mol. The van der Waals surface area contributed by atoms with Crippen molar-refractivity contribution in [2.75, 3.05) is 11.6 Å². The number of hydrogen-bond acceptors (Lipinski definition) is 7. The Morgan fingerprint density at radius 2 is 1.29 bits per heavy atom. The lowest BCUT2D eigenvalue weighted by Gasteiger charge is -2.24. The zero-order chi connectivity index (χ0) is 35.1. The Labute approximate surface area is 300 Å². The molecule has 9 nitrogen and oxygen atoms in total. The van der Waals surface area contributed by atoms with Gasteiger partial charge in [-0.25, -0.2) is 4.98 Å². The molecule has 0 fully saturated rings. The molecule has 0 radical (unpaired) electrons. The number of carbonyl (C=O) groups is 5. The number of ether oxygens (including phenoxy) is 1. The zero-order valence-corrected chi connectivity index (χ0v) is 28.0. The summed E-state index contributed by atoms with van der Waals surface area (Å²) in [7, 11) is 0. The summed E-state index contributed by atoms with van der Waals surface area (Å²) in [4.78, 5) is 76.1. The van der Waals surface area contributed by atoms with Crippen LogP contribution in [0.25, 0.3) is 21.7 Å². The molecule has 2 aliphatic heterocycles. The highest BCUT2D eigenvalue weighted by atomic mass is 35.5. The van der Waals surface area contributed by atoms with Gasteiger partial charge in [-0.3, -0.25) is 33.8 Å². The SMILES string of the molecule is O=C1c2cc3ccccc3cc2C(=O)C1c1ccc2c(CN3C(=O)c4ccccc4C3=O)ccc(N3COCc4cc(Cl)c(Cl)cc4C3=O)c2n1. The van der Waals surface area contributed by atoms with Crippen LogP contribution in [0.4, 0.5) is 5.69 Å². The highest BCUT2D eigenvalue weighted by Crippen LogP contribution is 2.39. The highest BCUT2D eigenvalue weighted by Gasteiger charge is 2.41. The van der Waals surface area contributed by atoms with Gasteiger partial charge in [-0.2, -0.15) is 0 Å². The summed E-state index contributed by atoms with van der Waals surface area (Å²) >= 11 is 12.6. The Balaban J connectivity index is 1.18. The van der Waals surface area contributed by atoms with Gasteiger partial charge in [0, 0.05) is 22.1 Å². The molecule has 3 aliphatic rings. The Morgan fingerprint density at radius 1 is 0.667 bits per heavy atom. The number of amides is 3. The highest BCUT2D eigenvalue weighted by molar-refractivity contribution is 6.42. The maximum absolute atomic E-state index is 14.1. The monoisotopic (exact) mass is 711 g/mol. The van der Waals surface area contributed by atoms with E-state index in [9.17, 15) is 24.0 Å². The van der Waals surface area contributed by atoms with Crippen LogP contribution in [0, 0.1) is 0 Å². The summed E-state index contributed by atoms with van der Waals surface area (Å²) < 4.78 is 5.92. The van der Waals surface area contributed by atoms with Gasteiger partial charge in [0.25, 0.3) is 17.7 Å². The van der Waals surface area contributed by atoms with Crippen LogP contribution in [-0.2, 0) is 17.9 Å². The number of rotatable bonds is 4. The van der Waals surface area contributed by atoms with Crippen LogP contribution in [0.3, 0.4) is 0 Å². The summed E-state index contributed by atoms with van der Waals surface area (Å²) in [5.74, 6) is -3.21. The van der Waals surface area contributed by atoms with Crippen molar-refractivity contribution in [3.05, 3.63) is 152 Å². The number of benzene rings is 5. The van der Waals surface area contributed by atoms with Gasteiger partial charge < -0.3 is 4.74 Å². The van der Waals surface area contributed by atoms with Crippen molar-refractivity contribution >= 4 is 79.9 Å². The molecule has 0 unspecified atom stereocenters. The molecular formula is C40H23Cl2N3O6. The first-order valence-electron chi connectivity index (χ1n) is 16.1. The Hall–Kier alpha value is -5.74. The molecule has 0 saturated heterocycles. The lowest BCUT2D eigenvalue weighted by atomic mass is 9.97. The third kappa shape index (κ3) is 4.80. The molecule has 0 saturated carbocycles. The molecule has 0 atom stereocenters. The summed E-state index contributed by atoms with van der Waals surface area (Å²) in [5.41, 5.74) is 3.54. The number of nitrogens with zero attached hydrogens (tertiary/aromatic N) is 3. The third-order valence-electron chi connectivity index (χ3n) is 9.78. The molecule has 51 heavy (non-hydrogen) atoms. The minimum atomic E-state index is -1.20. The van der Waals surface area contributed by atoms with E-state index in [1.165, 1.54) is 15.9 Å². The van der Waals surface area contributed by atoms with Gasteiger partial charge >= 0.3 is 0 Å². The van der Waals surface area contributed by atoms with Gasteiger partial charge in [-0.05, 0) is 70.4 Å². The van der Waals surface area contributed by atoms with Crippen molar-refractivity contribution in [3.63, 3.8) is 0 Å². The fraction of sp³-hybridized carbons (Fsp3) is 0.100. The molecule has 0 bridgehead atoms. The van der Waals surface area contributed by atoms with E-state index in [-0.39, 0.29) is 52.7 Å². The van der Waals surface area contributed by atoms with Crippen LogP contribution in [0.1, 0.15) is 74.5 Å². The van der Waals surface area contributed by atoms with Crippen molar-refractivity contribution in [2.24, 2.45) is 0 Å². The number of aromatic nitrogens is 1. The van der Waals surface area contributed by atoms with Crippen molar-refractivity contribution < 1.29 is 28.7 Å². The molecule has 3 heterocycles. The fourth-order valence-corrected chi connectivity index (χ4v) is 7.58. The molecule has 0 N–H and O–H groups in total. The normalized spacial score (nSPS) is 15.9. The number of anilines is 1. The summed E-state index contributed by atoms with van der Waals surface area (Å²) in [6, 6.07) is 27.4. The lowest BCUT2D eigenvalue weighted by molar-refractivity contribution is 0.0641. The van der Waals surface area contributed by atoms with E-state index >= 15 is 0 Å². The molecule has 1 aliphatic carbocycles. The topological polar surface area (TPSA) is 114 Å². The minimum Gasteiger partial charge on any atom is -0.356 e. The van der Waals surface area contributed by atoms with Crippen molar-refractivity contribution in [1.29, 1.82) is 0 Å². The zero-order valence-electron chi connectivity index (χ0n) is 26.5. The predicted octanol–water partition coefficient (Wildman–Crippen LogP) is 7.79. The van der Waals surface area contributed by atoms with Crippen LogP contribution in [0.2, 0.25) is 10.0 Å². The van der Waals surface area contributed by atoms with E-state index in [1.54, 1.807) is 66.7 Å². The molecular weight excluding hydrogens is 689 g/mol. The molecule has 248 valence electrons. The summed E-state index contributed by atoms with van der Waals surface area (Å²) in [5, 5.41) is 2.68. The molecule has 9 rings (SSSR count). The molecule has 0 spiro atoms. The smallest absolute Gasteiger partial charge is 0.261 e. The van der Waals surface area contributed by atoms with Crippen molar-refractivity contribution in [2.45, 2.75) is 19.1 Å². The van der Waals surface area contributed by atoms with Crippen LogP contribution in [-0.4, -0.2) is 45.9 Å². The van der Waals surface area contributed by atoms with Crippen LogP contribution >= 0.6 is 23.2 Å². The first-order chi connectivity index (χ1) is 24.7. The molecule has 1 aromatic heterocycles. The van der Waals surface area contributed by atoms with E-state index < -0.39 is 23.6 Å². The largest absolute Gasteiger partial charge is 0.356 e. The van der Waals surface area contributed by atoms with E-state index in [2.05, 4.69) is 0 Å². The number of imide groups is 1. The van der Waals surface area contributed by atoms with Gasteiger partial charge in [0.1, 0.15) is 12.6 Å². The van der Waals surface area contributed by atoms with Crippen LogP contribution in [0.5, 0.6) is 0 Å². The molecule has 5 aromatic carbocycles. The maximum atomic E-state index is 14.1. The second kappa shape index (κ2) is 11.7. The standard InChI is InChI=1S/C40H23Cl2N3O6/c41-30-15-23-18-51-19-45(40(50)27(23)16-31(30)42)33-12-9-22(17-44-38(48)25-7-3-4-8-26(25)39(44)49)24-10-11-32(43-35(24)33)34-36(46)28-13-20-5-1-2-6-21(20)14-29(28)37(34)47/h1-16,34H,17-19H2. The second-order valence-corrected chi connectivity index (χ2v) is 13.5. The lowest BCUT2D eigenvalue weighted by Crippen LogP contribution is -2.32. The maximum Gasteiger partial charge on any atom is 0.261 e. The van der Waals surface area contributed by atoms with Gasteiger partial charge in [-0.15, -0.1) is 0 Å². The average Bonchev–Trinajstić information content (AvgIpc) is 3.45. The Kier molecular flexibility index (Phi) is 7.15. The first-order valence-corrected chi connectivity index (χ1v) is 16.8. The number of Topliss-reactive ketones (excluding diaryl/α,β-unsaturated/α-hetero) is 2. The Morgan fingerprint density at radius 3 is 1.96 bits per heavy atom. The third-order valence-corrected chi connectivity index (χ3v) is 10.5. The van der Waals surface area contributed by atoms with Crippen molar-refractivity contribution in [1.82, 2.24) is 9.88 Å². The van der Waals surface area contributed by atoms with Gasteiger partial charge in [0.2, 0.25) is 0 Å².